The van der Waals surface area contributed by atoms with Crippen LogP contribution in [0.15, 0.2) is 53.9 Å². The van der Waals surface area contributed by atoms with Crippen LogP contribution in [0, 0.1) is 13.8 Å². The number of nitrogens with one attached hydrogen (secondary N) is 1. The predicted molar refractivity (Wildman–Crippen MR) is 107 cm³/mol. The van der Waals surface area contributed by atoms with Gasteiger partial charge in [-0.15, -0.1) is 11.3 Å². The molecule has 4 rings (SSSR count). The van der Waals surface area contributed by atoms with Crippen molar-refractivity contribution in [2.24, 2.45) is 0 Å². The summed E-state index contributed by atoms with van der Waals surface area (Å²) in [5, 5.41) is 6.86. The summed E-state index contributed by atoms with van der Waals surface area (Å²) in [6.45, 7) is 4.17. The minimum absolute atomic E-state index is 0.252. The lowest BCUT2D eigenvalue weighted by molar-refractivity contribution is 1.22. The molecule has 0 aliphatic rings. The Balaban J connectivity index is 1.93. The molecule has 2 aromatic heterocycles. The first-order chi connectivity index (χ1) is 12.1. The molecule has 4 aromatic rings. The molecule has 0 amide bonds. The van der Waals surface area contributed by atoms with E-state index in [-0.39, 0.29) is 5.28 Å². The maximum Gasteiger partial charge on any atom is 0.225 e. The summed E-state index contributed by atoms with van der Waals surface area (Å²) in [5.74, 6) is 0.743. The number of para-hydroxylation sites is 1. The normalized spacial score (nSPS) is 11.0. The van der Waals surface area contributed by atoms with Gasteiger partial charge in [0.05, 0.1) is 5.39 Å². The smallest absolute Gasteiger partial charge is 0.225 e. The quantitative estimate of drug-likeness (QED) is 0.428. The van der Waals surface area contributed by atoms with E-state index in [4.69, 9.17) is 11.6 Å². The second-order valence-electron chi connectivity index (χ2n) is 5.93. The van der Waals surface area contributed by atoms with E-state index in [9.17, 15) is 0 Å². The number of thiophene rings is 1. The molecule has 2 heterocycles. The van der Waals surface area contributed by atoms with E-state index in [1.54, 1.807) is 11.3 Å². The average molecular weight is 366 g/mol. The first-order valence-electron chi connectivity index (χ1n) is 7.97. The van der Waals surface area contributed by atoms with Gasteiger partial charge in [-0.25, -0.2) is 4.98 Å². The molecule has 0 atom stereocenters. The van der Waals surface area contributed by atoms with Gasteiger partial charge in [0.1, 0.15) is 10.6 Å². The van der Waals surface area contributed by atoms with E-state index in [2.05, 4.69) is 64.8 Å². The minimum atomic E-state index is 0.252. The number of hydrogen-bond acceptors (Lipinski definition) is 4. The van der Waals surface area contributed by atoms with E-state index in [0.717, 1.165) is 32.8 Å². The first-order valence-corrected chi connectivity index (χ1v) is 9.22. The van der Waals surface area contributed by atoms with E-state index in [0.29, 0.717) is 0 Å². The number of aromatic nitrogens is 2. The Morgan fingerprint density at radius 1 is 0.920 bits per heavy atom. The van der Waals surface area contributed by atoms with Gasteiger partial charge in [0, 0.05) is 16.6 Å². The van der Waals surface area contributed by atoms with Crippen LogP contribution in [0.2, 0.25) is 5.28 Å². The fraction of sp³-hybridized carbons (Fsp3) is 0.100. The molecule has 0 radical (unpaired) electrons. The molecule has 0 unspecified atom stereocenters. The Morgan fingerprint density at radius 2 is 1.64 bits per heavy atom. The Bertz CT molecular complexity index is 1040. The van der Waals surface area contributed by atoms with Crippen LogP contribution in [-0.4, -0.2) is 9.97 Å². The SMILES string of the molecule is Cc1cccc(C)c1Nc1nc(Cl)nc2scc(-c3ccccc3)c12. The number of anilines is 2. The molecule has 5 heteroatoms. The van der Waals surface area contributed by atoms with Crippen molar-refractivity contribution in [2.75, 3.05) is 5.32 Å². The zero-order chi connectivity index (χ0) is 17.4. The molecule has 2 aromatic carbocycles. The van der Waals surface area contributed by atoms with Crippen LogP contribution in [0.4, 0.5) is 11.5 Å². The van der Waals surface area contributed by atoms with E-state index >= 15 is 0 Å². The predicted octanol–water partition coefficient (Wildman–Crippen LogP) is 6.37. The second kappa shape index (κ2) is 6.47. The molecule has 0 fully saturated rings. The molecule has 1 N–H and O–H groups in total. The fourth-order valence-corrected chi connectivity index (χ4v) is 4.13. The Morgan fingerprint density at radius 3 is 2.36 bits per heavy atom. The highest BCUT2D eigenvalue weighted by molar-refractivity contribution is 7.17. The fourth-order valence-electron chi connectivity index (χ4n) is 2.97. The monoisotopic (exact) mass is 365 g/mol. The van der Waals surface area contributed by atoms with Crippen molar-refractivity contribution in [3.63, 3.8) is 0 Å². The number of halogens is 1. The van der Waals surface area contributed by atoms with Crippen molar-refractivity contribution in [3.05, 3.63) is 70.3 Å². The molecular weight excluding hydrogens is 350 g/mol. The first kappa shape index (κ1) is 16.1. The van der Waals surface area contributed by atoms with Crippen LogP contribution in [0.25, 0.3) is 21.3 Å². The Labute approximate surface area is 155 Å². The summed E-state index contributed by atoms with van der Waals surface area (Å²) in [7, 11) is 0. The molecule has 0 saturated heterocycles. The van der Waals surface area contributed by atoms with E-state index < -0.39 is 0 Å². The van der Waals surface area contributed by atoms with Crippen LogP contribution >= 0.6 is 22.9 Å². The summed E-state index contributed by atoms with van der Waals surface area (Å²) >= 11 is 7.75. The molecular formula is C20H16ClN3S. The number of aryl methyl sites for hydroxylation is 2. The van der Waals surface area contributed by atoms with Gasteiger partial charge in [-0.1, -0.05) is 48.5 Å². The lowest BCUT2D eigenvalue weighted by Crippen LogP contribution is -2.00. The third-order valence-electron chi connectivity index (χ3n) is 4.22. The van der Waals surface area contributed by atoms with Gasteiger partial charge < -0.3 is 5.32 Å². The topological polar surface area (TPSA) is 37.8 Å². The van der Waals surface area contributed by atoms with E-state index in [1.165, 1.54) is 11.1 Å². The summed E-state index contributed by atoms with van der Waals surface area (Å²) in [6, 6.07) is 16.5. The highest BCUT2D eigenvalue weighted by Crippen LogP contribution is 2.39. The van der Waals surface area contributed by atoms with Crippen LogP contribution in [-0.2, 0) is 0 Å². The van der Waals surface area contributed by atoms with Crippen molar-refractivity contribution >= 4 is 44.7 Å². The number of rotatable bonds is 3. The van der Waals surface area contributed by atoms with Gasteiger partial charge in [0.25, 0.3) is 0 Å². The van der Waals surface area contributed by atoms with Gasteiger partial charge >= 0.3 is 0 Å². The van der Waals surface area contributed by atoms with Crippen LogP contribution in [0.5, 0.6) is 0 Å². The summed E-state index contributed by atoms with van der Waals surface area (Å²) in [6.07, 6.45) is 0. The molecule has 0 bridgehead atoms. The molecule has 0 aliphatic carbocycles. The molecule has 3 nitrogen and oxygen atoms in total. The number of nitrogens with zero attached hydrogens (tertiary/aromatic N) is 2. The third kappa shape index (κ3) is 2.99. The average Bonchev–Trinajstić information content (AvgIpc) is 3.03. The summed E-state index contributed by atoms with van der Waals surface area (Å²) < 4.78 is 0. The Kier molecular flexibility index (Phi) is 4.15. The zero-order valence-electron chi connectivity index (χ0n) is 13.9. The Hall–Kier alpha value is -2.43. The summed E-state index contributed by atoms with van der Waals surface area (Å²) in [4.78, 5) is 9.77. The van der Waals surface area contributed by atoms with Gasteiger partial charge in [-0.05, 0) is 42.1 Å². The van der Waals surface area contributed by atoms with Crippen molar-refractivity contribution in [2.45, 2.75) is 13.8 Å². The van der Waals surface area contributed by atoms with Gasteiger partial charge in [0.15, 0.2) is 0 Å². The van der Waals surface area contributed by atoms with Crippen molar-refractivity contribution in [3.8, 4) is 11.1 Å². The maximum atomic E-state index is 6.17. The van der Waals surface area contributed by atoms with Crippen molar-refractivity contribution < 1.29 is 0 Å². The number of hydrogen-bond donors (Lipinski definition) is 1. The number of fused-ring (bicyclic) bond motifs is 1. The largest absolute Gasteiger partial charge is 0.339 e. The zero-order valence-corrected chi connectivity index (χ0v) is 15.4. The van der Waals surface area contributed by atoms with Crippen LogP contribution in [0.3, 0.4) is 0 Å². The number of benzene rings is 2. The van der Waals surface area contributed by atoms with Gasteiger partial charge in [-0.3, -0.25) is 0 Å². The molecule has 25 heavy (non-hydrogen) atoms. The molecule has 0 saturated carbocycles. The highest BCUT2D eigenvalue weighted by atomic mass is 35.5. The highest BCUT2D eigenvalue weighted by Gasteiger charge is 2.16. The minimum Gasteiger partial charge on any atom is -0.339 e. The molecule has 124 valence electrons. The lowest BCUT2D eigenvalue weighted by Gasteiger charge is -2.13. The third-order valence-corrected chi connectivity index (χ3v) is 5.26. The molecule has 0 aliphatic heterocycles. The second-order valence-corrected chi connectivity index (χ2v) is 7.12. The van der Waals surface area contributed by atoms with Crippen LogP contribution < -0.4 is 5.32 Å². The van der Waals surface area contributed by atoms with E-state index in [1.807, 2.05) is 18.2 Å². The van der Waals surface area contributed by atoms with Crippen LogP contribution in [0.1, 0.15) is 11.1 Å². The van der Waals surface area contributed by atoms with Gasteiger partial charge in [0.2, 0.25) is 5.28 Å². The van der Waals surface area contributed by atoms with Crippen molar-refractivity contribution in [1.82, 2.24) is 9.97 Å². The van der Waals surface area contributed by atoms with Crippen molar-refractivity contribution in [1.29, 1.82) is 0 Å². The lowest BCUT2D eigenvalue weighted by atomic mass is 10.1. The van der Waals surface area contributed by atoms with Gasteiger partial charge in [-0.2, -0.15) is 4.98 Å². The molecule has 0 spiro atoms. The standard InChI is InChI=1S/C20H16ClN3S/c1-12-7-6-8-13(2)17(12)22-18-16-15(14-9-4-3-5-10-14)11-25-19(16)24-20(21)23-18/h3-11H,1-2H3,(H,22,23,24). The summed E-state index contributed by atoms with van der Waals surface area (Å²) in [5.41, 5.74) is 5.65. The maximum absolute atomic E-state index is 6.17.